The summed E-state index contributed by atoms with van der Waals surface area (Å²) in [6, 6.07) is 9.72. The van der Waals surface area contributed by atoms with Crippen molar-refractivity contribution in [2.75, 3.05) is 6.61 Å². The number of para-hydroxylation sites is 1. The van der Waals surface area contributed by atoms with Crippen LogP contribution < -0.4 is 4.74 Å². The van der Waals surface area contributed by atoms with Crippen molar-refractivity contribution in [3.05, 3.63) is 29.8 Å². The highest BCUT2D eigenvalue weighted by Gasteiger charge is 2.46. The molecule has 0 fully saturated rings. The molecule has 102 valence electrons. The number of aliphatic hydroxyl groups excluding tert-OH is 1. The van der Waals surface area contributed by atoms with Crippen LogP contribution >= 0.6 is 0 Å². The second kappa shape index (κ2) is 5.20. The summed E-state index contributed by atoms with van der Waals surface area (Å²) in [6.45, 7) is 5.78. The van der Waals surface area contributed by atoms with Crippen LogP contribution in [0.15, 0.2) is 24.3 Å². The van der Waals surface area contributed by atoms with Gasteiger partial charge in [0.25, 0.3) is 0 Å². The van der Waals surface area contributed by atoms with Crippen molar-refractivity contribution >= 4 is 0 Å². The normalized spacial score (nSPS) is 28.7. The molecule has 1 aromatic rings. The van der Waals surface area contributed by atoms with Gasteiger partial charge in [-0.15, -0.1) is 0 Å². The van der Waals surface area contributed by atoms with Crippen LogP contribution in [0.2, 0.25) is 0 Å². The Morgan fingerprint density at radius 1 is 1.47 bits per heavy atom. The molecule has 0 aliphatic carbocycles. The average Bonchev–Trinajstić information content (AvgIpc) is 2.41. The van der Waals surface area contributed by atoms with Gasteiger partial charge in [-0.2, -0.15) is 5.26 Å². The van der Waals surface area contributed by atoms with E-state index < -0.39 is 17.8 Å². The van der Waals surface area contributed by atoms with E-state index in [0.717, 1.165) is 5.56 Å². The first-order chi connectivity index (χ1) is 9.01. The van der Waals surface area contributed by atoms with Crippen molar-refractivity contribution in [2.45, 2.75) is 38.6 Å². The van der Waals surface area contributed by atoms with Gasteiger partial charge in [0, 0.05) is 11.5 Å². The van der Waals surface area contributed by atoms with Crippen molar-refractivity contribution in [2.24, 2.45) is 5.92 Å². The van der Waals surface area contributed by atoms with Gasteiger partial charge in [0.2, 0.25) is 0 Å². The molecule has 0 aromatic heterocycles. The number of benzene rings is 1. The Morgan fingerprint density at radius 2 is 2.16 bits per heavy atom. The summed E-state index contributed by atoms with van der Waals surface area (Å²) in [5.74, 6) is 0.577. The molecule has 4 atom stereocenters. The van der Waals surface area contributed by atoms with Crippen LogP contribution in [0.1, 0.15) is 26.3 Å². The Bertz CT molecular complexity index is 494. The molecular weight excluding hydrogens is 242 g/mol. The van der Waals surface area contributed by atoms with Gasteiger partial charge in [0.1, 0.15) is 11.8 Å². The number of rotatable bonds is 3. The van der Waals surface area contributed by atoms with E-state index in [-0.39, 0.29) is 5.92 Å². The maximum Gasteiger partial charge on any atom is 0.189 e. The van der Waals surface area contributed by atoms with Crippen LogP contribution in [0.5, 0.6) is 5.75 Å². The van der Waals surface area contributed by atoms with Crippen LogP contribution in [0.3, 0.4) is 0 Å². The van der Waals surface area contributed by atoms with Crippen molar-refractivity contribution in [1.29, 1.82) is 5.26 Å². The highest BCUT2D eigenvalue weighted by atomic mass is 16.5. The third-order valence-corrected chi connectivity index (χ3v) is 3.69. The number of hydrogen-bond acceptors (Lipinski definition) is 4. The monoisotopic (exact) mass is 261 g/mol. The Kier molecular flexibility index (Phi) is 3.79. The maximum absolute atomic E-state index is 9.68. The SMILES string of the molecule is CC(O)C(C)OC1(C#N)c2ccccc2OCC1C. The van der Waals surface area contributed by atoms with E-state index in [9.17, 15) is 10.4 Å². The van der Waals surface area contributed by atoms with E-state index in [1.807, 2.05) is 31.2 Å². The minimum Gasteiger partial charge on any atom is -0.493 e. The number of nitrogens with zero attached hydrogens (tertiary/aromatic N) is 1. The van der Waals surface area contributed by atoms with Gasteiger partial charge in [-0.05, 0) is 19.9 Å². The summed E-state index contributed by atoms with van der Waals surface area (Å²) >= 11 is 0. The third-order valence-electron chi connectivity index (χ3n) is 3.69. The average molecular weight is 261 g/mol. The molecule has 0 bridgehead atoms. The molecule has 19 heavy (non-hydrogen) atoms. The second-order valence-electron chi connectivity index (χ2n) is 5.12. The van der Waals surface area contributed by atoms with Gasteiger partial charge in [-0.1, -0.05) is 25.1 Å². The molecule has 0 saturated heterocycles. The molecule has 4 nitrogen and oxygen atoms in total. The summed E-state index contributed by atoms with van der Waals surface area (Å²) < 4.78 is 11.6. The molecule has 1 aliphatic rings. The molecule has 1 heterocycles. The lowest BCUT2D eigenvalue weighted by Gasteiger charge is -2.40. The van der Waals surface area contributed by atoms with Crippen molar-refractivity contribution in [1.82, 2.24) is 0 Å². The van der Waals surface area contributed by atoms with Gasteiger partial charge in [-0.3, -0.25) is 0 Å². The van der Waals surface area contributed by atoms with Gasteiger partial charge in [0.15, 0.2) is 5.60 Å². The largest absolute Gasteiger partial charge is 0.493 e. The Morgan fingerprint density at radius 3 is 2.79 bits per heavy atom. The maximum atomic E-state index is 9.68. The molecule has 1 aromatic carbocycles. The zero-order valence-corrected chi connectivity index (χ0v) is 11.5. The highest BCUT2D eigenvalue weighted by molar-refractivity contribution is 5.44. The summed E-state index contributed by atoms with van der Waals surface area (Å²) in [4.78, 5) is 0. The lowest BCUT2D eigenvalue weighted by molar-refractivity contribution is -0.136. The predicted octanol–water partition coefficient (Wildman–Crippen LogP) is 2.22. The molecule has 0 spiro atoms. The molecule has 1 N–H and O–H groups in total. The van der Waals surface area contributed by atoms with E-state index >= 15 is 0 Å². The fourth-order valence-corrected chi connectivity index (χ4v) is 2.27. The van der Waals surface area contributed by atoms with Crippen molar-refractivity contribution < 1.29 is 14.6 Å². The smallest absolute Gasteiger partial charge is 0.189 e. The van der Waals surface area contributed by atoms with Crippen LogP contribution in [0.25, 0.3) is 0 Å². The summed E-state index contributed by atoms with van der Waals surface area (Å²) in [6.07, 6.45) is -1.05. The third kappa shape index (κ3) is 2.32. The molecular formula is C15H19NO3. The van der Waals surface area contributed by atoms with E-state index in [2.05, 4.69) is 6.07 Å². The number of nitriles is 1. The topological polar surface area (TPSA) is 62.5 Å². The first kappa shape index (κ1) is 13.9. The molecule has 0 radical (unpaired) electrons. The Hall–Kier alpha value is -1.57. The first-order valence-corrected chi connectivity index (χ1v) is 6.50. The fourth-order valence-electron chi connectivity index (χ4n) is 2.27. The van der Waals surface area contributed by atoms with Crippen molar-refractivity contribution in [3.8, 4) is 11.8 Å². The quantitative estimate of drug-likeness (QED) is 0.906. The fraction of sp³-hybridized carbons (Fsp3) is 0.533. The Labute approximate surface area is 113 Å². The molecule has 4 heteroatoms. The lowest BCUT2D eigenvalue weighted by Crippen LogP contribution is -2.45. The molecule has 0 amide bonds. The van der Waals surface area contributed by atoms with E-state index in [1.165, 1.54) is 0 Å². The van der Waals surface area contributed by atoms with Gasteiger partial charge < -0.3 is 14.6 Å². The van der Waals surface area contributed by atoms with E-state index in [1.54, 1.807) is 13.8 Å². The van der Waals surface area contributed by atoms with Crippen LogP contribution in [0, 0.1) is 17.2 Å². The zero-order valence-electron chi connectivity index (χ0n) is 11.5. The summed E-state index contributed by atoms with van der Waals surface area (Å²) in [5.41, 5.74) is -0.325. The number of hydrogen-bond donors (Lipinski definition) is 1. The minimum absolute atomic E-state index is 0.103. The number of ether oxygens (including phenoxy) is 2. The standard InChI is InChI=1S/C15H19NO3/c1-10-8-18-14-7-5-4-6-13(14)15(10,9-16)19-12(3)11(2)17/h4-7,10-12,17H,8H2,1-3H3. The van der Waals surface area contributed by atoms with Crippen LogP contribution in [-0.2, 0) is 10.3 Å². The van der Waals surface area contributed by atoms with Gasteiger partial charge in [0.05, 0.1) is 18.8 Å². The van der Waals surface area contributed by atoms with Crippen LogP contribution in [-0.4, -0.2) is 23.9 Å². The minimum atomic E-state index is -1.06. The van der Waals surface area contributed by atoms with E-state index in [0.29, 0.717) is 12.4 Å². The summed E-state index contributed by atoms with van der Waals surface area (Å²) in [7, 11) is 0. The highest BCUT2D eigenvalue weighted by Crippen LogP contribution is 2.43. The van der Waals surface area contributed by atoms with Gasteiger partial charge >= 0.3 is 0 Å². The molecule has 2 rings (SSSR count). The summed E-state index contributed by atoms with van der Waals surface area (Å²) in [5, 5.41) is 19.3. The first-order valence-electron chi connectivity index (χ1n) is 6.50. The molecule has 4 unspecified atom stereocenters. The van der Waals surface area contributed by atoms with E-state index in [4.69, 9.17) is 9.47 Å². The molecule has 1 aliphatic heterocycles. The number of aliphatic hydroxyl groups is 1. The predicted molar refractivity (Wildman–Crippen MR) is 70.6 cm³/mol. The zero-order chi connectivity index (χ0) is 14.0. The molecule has 0 saturated carbocycles. The second-order valence-corrected chi connectivity index (χ2v) is 5.12. The lowest BCUT2D eigenvalue weighted by atomic mass is 9.81. The number of fused-ring (bicyclic) bond motifs is 1. The van der Waals surface area contributed by atoms with Crippen molar-refractivity contribution in [3.63, 3.8) is 0 Å². The Balaban J connectivity index is 2.46. The van der Waals surface area contributed by atoms with Gasteiger partial charge in [-0.25, -0.2) is 0 Å². The van der Waals surface area contributed by atoms with Crippen LogP contribution in [0.4, 0.5) is 0 Å².